The zero-order chi connectivity index (χ0) is 26.5. The zero-order valence-electron chi connectivity index (χ0n) is 21.1. The van der Waals surface area contributed by atoms with Crippen LogP contribution in [0.4, 0.5) is 22.0 Å². The zero-order valence-corrected chi connectivity index (χ0v) is 21.1. The average Bonchev–Trinajstić information content (AvgIpc) is 2.90. The van der Waals surface area contributed by atoms with Gasteiger partial charge in [-0.3, -0.25) is 0 Å². The van der Waals surface area contributed by atoms with Crippen molar-refractivity contribution in [1.82, 2.24) is 0 Å². The van der Waals surface area contributed by atoms with E-state index < -0.39 is 29.1 Å². The normalized spacial score (nSPS) is 17.7. The minimum atomic E-state index is -1.08. The van der Waals surface area contributed by atoms with Crippen LogP contribution in [0.1, 0.15) is 68.1 Å². The maximum Gasteiger partial charge on any atom is 0.201 e. The minimum absolute atomic E-state index is 0.0218. The van der Waals surface area contributed by atoms with Crippen molar-refractivity contribution in [3.8, 4) is 16.9 Å². The van der Waals surface area contributed by atoms with E-state index in [-0.39, 0.29) is 46.6 Å². The highest BCUT2D eigenvalue weighted by atomic mass is 19.2. The van der Waals surface area contributed by atoms with Gasteiger partial charge in [-0.2, -0.15) is 4.39 Å². The molecule has 0 N–H and O–H groups in total. The predicted octanol–water partition coefficient (Wildman–Crippen LogP) is 8.78. The van der Waals surface area contributed by atoms with Gasteiger partial charge in [-0.1, -0.05) is 37.6 Å². The van der Waals surface area contributed by atoms with Gasteiger partial charge in [0.15, 0.2) is 23.2 Å². The first kappa shape index (κ1) is 27.1. The molecule has 1 saturated carbocycles. The molecule has 0 aromatic heterocycles. The van der Waals surface area contributed by atoms with Crippen molar-refractivity contribution in [2.45, 2.75) is 71.0 Å². The molecule has 1 fully saturated rings. The quantitative estimate of drug-likeness (QED) is 0.208. The summed E-state index contributed by atoms with van der Waals surface area (Å²) in [7, 11) is 0. The van der Waals surface area contributed by atoms with Gasteiger partial charge in [0, 0.05) is 11.1 Å². The highest BCUT2D eigenvalue weighted by molar-refractivity contribution is 5.66. The van der Waals surface area contributed by atoms with E-state index in [9.17, 15) is 17.6 Å². The molecule has 0 aliphatic heterocycles. The molecule has 0 bridgehead atoms. The Labute approximate surface area is 214 Å². The summed E-state index contributed by atoms with van der Waals surface area (Å²) in [6.07, 6.45) is 4.11. The SMILES string of the molecule is CCCCOc1ccc(-c2ccc(C3CCC(OCc4ccc(C)c(F)c4F)CC3)c(F)c2)c(F)c1F. The second-order valence-electron chi connectivity index (χ2n) is 9.63. The van der Waals surface area contributed by atoms with Gasteiger partial charge < -0.3 is 9.47 Å². The molecule has 7 heteroatoms. The summed E-state index contributed by atoms with van der Waals surface area (Å²) in [6.45, 7) is 3.75. The van der Waals surface area contributed by atoms with E-state index in [0.717, 1.165) is 12.8 Å². The molecule has 0 heterocycles. The van der Waals surface area contributed by atoms with Crippen LogP contribution in [0.25, 0.3) is 11.1 Å². The van der Waals surface area contributed by atoms with E-state index >= 15 is 4.39 Å². The molecule has 1 aliphatic carbocycles. The minimum Gasteiger partial charge on any atom is -0.490 e. The molecule has 2 nitrogen and oxygen atoms in total. The second-order valence-corrected chi connectivity index (χ2v) is 9.63. The van der Waals surface area contributed by atoms with Gasteiger partial charge in [-0.05, 0) is 79.8 Å². The number of unbranched alkanes of at least 4 members (excludes halogenated alkanes) is 1. The van der Waals surface area contributed by atoms with Gasteiger partial charge in [0.05, 0.1) is 19.3 Å². The van der Waals surface area contributed by atoms with Crippen LogP contribution in [0.15, 0.2) is 42.5 Å². The van der Waals surface area contributed by atoms with E-state index in [1.54, 1.807) is 12.1 Å². The number of rotatable bonds is 9. The summed E-state index contributed by atoms with van der Waals surface area (Å²) in [5.74, 6) is -4.55. The van der Waals surface area contributed by atoms with Gasteiger partial charge in [-0.25, -0.2) is 17.6 Å². The molecule has 0 radical (unpaired) electrons. The third-order valence-electron chi connectivity index (χ3n) is 7.06. The molecule has 3 aromatic rings. The standard InChI is InChI=1S/C30H31F5O2/c1-3-4-15-36-26-14-13-24(29(34)30(26)35)20-9-12-23(25(31)16-20)19-7-10-22(11-8-19)37-17-21-6-5-18(2)27(32)28(21)33/h5-6,9,12-14,16,19,22H,3-4,7-8,10-11,15,17H2,1-2H3. The van der Waals surface area contributed by atoms with Gasteiger partial charge >= 0.3 is 0 Å². The van der Waals surface area contributed by atoms with Crippen LogP contribution in [-0.2, 0) is 11.3 Å². The summed E-state index contributed by atoms with van der Waals surface area (Å²) in [4.78, 5) is 0. The monoisotopic (exact) mass is 518 g/mol. The van der Waals surface area contributed by atoms with Crippen LogP contribution in [-0.4, -0.2) is 12.7 Å². The second kappa shape index (κ2) is 12.1. The fraction of sp³-hybridized carbons (Fsp3) is 0.400. The molecule has 1 aliphatic rings. The first-order chi connectivity index (χ1) is 17.8. The summed E-state index contributed by atoms with van der Waals surface area (Å²) >= 11 is 0. The molecule has 198 valence electrons. The smallest absolute Gasteiger partial charge is 0.201 e. The first-order valence-electron chi connectivity index (χ1n) is 12.8. The van der Waals surface area contributed by atoms with Crippen LogP contribution in [0.2, 0.25) is 0 Å². The largest absolute Gasteiger partial charge is 0.490 e. The average molecular weight is 519 g/mol. The van der Waals surface area contributed by atoms with Crippen LogP contribution in [0.3, 0.4) is 0 Å². The van der Waals surface area contributed by atoms with Crippen molar-refractivity contribution >= 4 is 0 Å². The van der Waals surface area contributed by atoms with Crippen LogP contribution >= 0.6 is 0 Å². The molecule has 4 rings (SSSR count). The van der Waals surface area contributed by atoms with Gasteiger partial charge in [0.2, 0.25) is 5.82 Å². The topological polar surface area (TPSA) is 18.5 Å². The van der Waals surface area contributed by atoms with Gasteiger partial charge in [0.1, 0.15) is 5.82 Å². The highest BCUT2D eigenvalue weighted by Gasteiger charge is 2.26. The van der Waals surface area contributed by atoms with Crippen molar-refractivity contribution in [2.75, 3.05) is 6.61 Å². The summed E-state index contributed by atoms with van der Waals surface area (Å²) in [5, 5.41) is 0. The lowest BCUT2D eigenvalue weighted by Gasteiger charge is -2.29. The Morgan fingerprint density at radius 1 is 0.811 bits per heavy atom. The number of benzene rings is 3. The lowest BCUT2D eigenvalue weighted by Crippen LogP contribution is -2.21. The first-order valence-corrected chi connectivity index (χ1v) is 12.8. The Balaban J connectivity index is 1.37. The molecule has 0 saturated heterocycles. The Morgan fingerprint density at radius 3 is 2.27 bits per heavy atom. The Morgan fingerprint density at radius 2 is 1.57 bits per heavy atom. The van der Waals surface area contributed by atoms with E-state index in [2.05, 4.69) is 0 Å². The van der Waals surface area contributed by atoms with E-state index in [1.165, 1.54) is 37.3 Å². The summed E-state index contributed by atoms with van der Waals surface area (Å²) in [5.41, 5.74) is 1.17. The van der Waals surface area contributed by atoms with Gasteiger partial charge in [-0.15, -0.1) is 0 Å². The van der Waals surface area contributed by atoms with Crippen molar-refractivity contribution in [3.63, 3.8) is 0 Å². The number of hydrogen-bond donors (Lipinski definition) is 0. The molecule has 0 spiro atoms. The Hall–Kier alpha value is -2.93. The third kappa shape index (κ3) is 6.15. The number of ether oxygens (including phenoxy) is 2. The van der Waals surface area contributed by atoms with E-state index in [4.69, 9.17) is 9.47 Å². The van der Waals surface area contributed by atoms with Crippen LogP contribution in [0.5, 0.6) is 5.75 Å². The summed E-state index contributed by atoms with van der Waals surface area (Å²) < 4.78 is 83.2. The van der Waals surface area contributed by atoms with Crippen molar-refractivity contribution < 1.29 is 31.4 Å². The molecule has 0 unspecified atom stereocenters. The number of halogens is 5. The molecule has 0 atom stereocenters. The fourth-order valence-electron chi connectivity index (χ4n) is 4.76. The van der Waals surface area contributed by atoms with Crippen molar-refractivity contribution in [1.29, 1.82) is 0 Å². The summed E-state index contributed by atoms with van der Waals surface area (Å²) in [6, 6.07) is 10.3. The van der Waals surface area contributed by atoms with Gasteiger partial charge in [0.25, 0.3) is 0 Å². The Bertz CT molecular complexity index is 1240. The highest BCUT2D eigenvalue weighted by Crippen LogP contribution is 2.38. The third-order valence-corrected chi connectivity index (χ3v) is 7.06. The molecular weight excluding hydrogens is 487 g/mol. The Kier molecular flexibility index (Phi) is 8.85. The van der Waals surface area contributed by atoms with Crippen LogP contribution < -0.4 is 4.74 Å². The van der Waals surface area contributed by atoms with E-state index in [1.807, 2.05) is 6.92 Å². The number of aryl methyl sites for hydroxylation is 1. The number of hydrogen-bond acceptors (Lipinski definition) is 2. The van der Waals surface area contributed by atoms with Crippen molar-refractivity contribution in [2.24, 2.45) is 0 Å². The maximum absolute atomic E-state index is 15.1. The molecular formula is C30H31F5O2. The molecule has 0 amide bonds. The molecule has 37 heavy (non-hydrogen) atoms. The lowest BCUT2D eigenvalue weighted by molar-refractivity contribution is 0.0117. The predicted molar refractivity (Wildman–Crippen MR) is 133 cm³/mol. The van der Waals surface area contributed by atoms with Crippen molar-refractivity contribution in [3.05, 3.63) is 88.2 Å². The maximum atomic E-state index is 15.1. The van der Waals surface area contributed by atoms with E-state index in [0.29, 0.717) is 37.9 Å². The fourth-order valence-corrected chi connectivity index (χ4v) is 4.76. The lowest BCUT2D eigenvalue weighted by atomic mass is 9.82. The molecule has 3 aromatic carbocycles. The van der Waals surface area contributed by atoms with Crippen LogP contribution in [0, 0.1) is 36.0 Å².